The Kier molecular flexibility index (Phi) is 6.06. The first-order valence-electron chi connectivity index (χ1n) is 9.36. The summed E-state index contributed by atoms with van der Waals surface area (Å²) in [6.07, 6.45) is 3.23. The summed E-state index contributed by atoms with van der Waals surface area (Å²) in [6, 6.07) is 4.96. The minimum absolute atomic E-state index is 0.00197. The summed E-state index contributed by atoms with van der Waals surface area (Å²) in [6.45, 7) is 1.93. The van der Waals surface area contributed by atoms with Crippen LogP contribution in [-0.4, -0.2) is 42.1 Å². The molecule has 150 valence electrons. The summed E-state index contributed by atoms with van der Waals surface area (Å²) < 4.78 is 26.6. The highest BCUT2D eigenvalue weighted by molar-refractivity contribution is 5.94. The van der Waals surface area contributed by atoms with Crippen molar-refractivity contribution in [3.05, 3.63) is 47.2 Å². The van der Waals surface area contributed by atoms with E-state index in [2.05, 4.69) is 20.6 Å². The third-order valence-electron chi connectivity index (χ3n) is 4.82. The van der Waals surface area contributed by atoms with Gasteiger partial charge in [0.2, 0.25) is 5.95 Å². The quantitative estimate of drug-likeness (QED) is 0.821. The van der Waals surface area contributed by atoms with E-state index in [1.165, 1.54) is 0 Å². The summed E-state index contributed by atoms with van der Waals surface area (Å²) in [5.41, 5.74) is 0.895. The van der Waals surface area contributed by atoms with Gasteiger partial charge in [0.1, 0.15) is 17.5 Å². The number of hydrogen-bond acceptors (Lipinski definition) is 5. The Labute approximate surface area is 163 Å². The molecule has 6 nitrogen and oxygen atoms in total. The molecule has 0 radical (unpaired) electrons. The Morgan fingerprint density at radius 1 is 1.00 bits per heavy atom. The highest BCUT2D eigenvalue weighted by Gasteiger charge is 2.24. The number of amides is 1. The van der Waals surface area contributed by atoms with Crippen LogP contribution in [0.4, 0.5) is 20.5 Å². The number of hydrogen-bond donors (Lipinski definition) is 2. The van der Waals surface area contributed by atoms with Gasteiger partial charge in [-0.05, 0) is 44.7 Å². The van der Waals surface area contributed by atoms with Gasteiger partial charge in [-0.3, -0.25) is 4.79 Å². The third kappa shape index (κ3) is 5.15. The molecular formula is C20H25F2N5O. The number of benzene rings is 1. The maximum Gasteiger partial charge on any atom is 0.251 e. The molecule has 1 aliphatic rings. The van der Waals surface area contributed by atoms with Crippen LogP contribution in [-0.2, 0) is 0 Å². The molecular weight excluding hydrogens is 364 g/mol. The van der Waals surface area contributed by atoms with Crippen molar-refractivity contribution in [2.75, 3.05) is 24.3 Å². The van der Waals surface area contributed by atoms with Crippen molar-refractivity contribution in [3.8, 4) is 0 Å². The van der Waals surface area contributed by atoms with Crippen LogP contribution in [0.3, 0.4) is 0 Å². The largest absolute Gasteiger partial charge is 0.363 e. The van der Waals surface area contributed by atoms with Gasteiger partial charge in [0, 0.05) is 49.6 Å². The van der Waals surface area contributed by atoms with Gasteiger partial charge in [0.25, 0.3) is 5.91 Å². The predicted octanol–water partition coefficient (Wildman–Crippen LogP) is 3.28. The van der Waals surface area contributed by atoms with Gasteiger partial charge in [-0.1, -0.05) is 0 Å². The molecule has 1 saturated carbocycles. The molecule has 1 aromatic heterocycles. The summed E-state index contributed by atoms with van der Waals surface area (Å²) in [5.74, 6) is -0.515. The van der Waals surface area contributed by atoms with Crippen molar-refractivity contribution < 1.29 is 13.6 Å². The average Bonchev–Trinajstić information content (AvgIpc) is 2.62. The zero-order chi connectivity index (χ0) is 20.3. The van der Waals surface area contributed by atoms with Gasteiger partial charge in [-0.15, -0.1) is 0 Å². The van der Waals surface area contributed by atoms with Crippen LogP contribution in [0.15, 0.2) is 24.3 Å². The number of nitrogens with zero attached hydrogens (tertiary/aromatic N) is 3. The first-order chi connectivity index (χ1) is 13.3. The van der Waals surface area contributed by atoms with E-state index in [1.54, 1.807) is 0 Å². The molecule has 1 amide bonds. The molecule has 28 heavy (non-hydrogen) atoms. The smallest absolute Gasteiger partial charge is 0.251 e. The molecule has 8 heteroatoms. The summed E-state index contributed by atoms with van der Waals surface area (Å²) >= 11 is 0. The fourth-order valence-corrected chi connectivity index (χ4v) is 3.36. The Hall–Kier alpha value is -2.77. The molecule has 0 aliphatic heterocycles. The fourth-order valence-electron chi connectivity index (χ4n) is 3.36. The van der Waals surface area contributed by atoms with Crippen LogP contribution in [0.1, 0.15) is 41.7 Å². The van der Waals surface area contributed by atoms with E-state index in [0.717, 1.165) is 55.4 Å². The molecule has 1 heterocycles. The molecule has 0 bridgehead atoms. The maximum atomic E-state index is 13.3. The maximum absolute atomic E-state index is 13.3. The lowest BCUT2D eigenvalue weighted by Gasteiger charge is -2.30. The number of nitrogens with one attached hydrogen (secondary N) is 2. The Balaban J connectivity index is 1.54. The molecule has 0 saturated heterocycles. The van der Waals surface area contributed by atoms with Crippen molar-refractivity contribution in [2.45, 2.75) is 44.7 Å². The zero-order valence-electron chi connectivity index (χ0n) is 16.3. The van der Waals surface area contributed by atoms with Crippen LogP contribution in [0.5, 0.6) is 0 Å². The number of anilines is 2. The monoisotopic (exact) mass is 389 g/mol. The van der Waals surface area contributed by atoms with Crippen LogP contribution in [0.25, 0.3) is 0 Å². The topological polar surface area (TPSA) is 70.2 Å². The minimum Gasteiger partial charge on any atom is -0.363 e. The third-order valence-corrected chi connectivity index (χ3v) is 4.82. The minimum atomic E-state index is -0.756. The first kappa shape index (κ1) is 20.0. The highest BCUT2D eigenvalue weighted by Crippen LogP contribution is 2.23. The van der Waals surface area contributed by atoms with Crippen LogP contribution in [0.2, 0.25) is 0 Å². The summed E-state index contributed by atoms with van der Waals surface area (Å²) in [5, 5.41) is 6.25. The van der Waals surface area contributed by atoms with E-state index in [4.69, 9.17) is 0 Å². The number of aryl methyl sites for hydroxylation is 1. The van der Waals surface area contributed by atoms with Crippen molar-refractivity contribution in [1.29, 1.82) is 0 Å². The van der Waals surface area contributed by atoms with Crippen molar-refractivity contribution in [1.82, 2.24) is 15.3 Å². The van der Waals surface area contributed by atoms with E-state index < -0.39 is 17.5 Å². The van der Waals surface area contributed by atoms with Gasteiger partial charge in [-0.25, -0.2) is 13.8 Å². The lowest BCUT2D eigenvalue weighted by molar-refractivity contribution is 0.0925. The number of carbonyl (C=O) groups is 1. The Morgan fingerprint density at radius 2 is 1.61 bits per heavy atom. The Morgan fingerprint density at radius 3 is 2.21 bits per heavy atom. The number of carbonyl (C=O) groups excluding carboxylic acids is 1. The first-order valence-corrected chi connectivity index (χ1v) is 9.36. The van der Waals surface area contributed by atoms with Gasteiger partial charge >= 0.3 is 0 Å². The molecule has 2 aromatic rings. The van der Waals surface area contributed by atoms with E-state index in [0.29, 0.717) is 5.95 Å². The van der Waals surface area contributed by atoms with E-state index in [9.17, 15) is 13.6 Å². The normalized spacial score (nSPS) is 19.2. The summed E-state index contributed by atoms with van der Waals surface area (Å²) in [4.78, 5) is 23.1. The second-order valence-corrected chi connectivity index (χ2v) is 7.41. The molecule has 1 aliphatic carbocycles. The fraction of sp³-hybridized carbons (Fsp3) is 0.450. The summed E-state index contributed by atoms with van der Waals surface area (Å²) in [7, 11) is 3.87. The van der Waals surface area contributed by atoms with Crippen molar-refractivity contribution >= 4 is 17.7 Å². The van der Waals surface area contributed by atoms with E-state index >= 15 is 0 Å². The molecule has 1 fully saturated rings. The highest BCUT2D eigenvalue weighted by atomic mass is 19.1. The van der Waals surface area contributed by atoms with Crippen LogP contribution in [0, 0.1) is 18.6 Å². The second kappa shape index (κ2) is 8.50. The van der Waals surface area contributed by atoms with Gasteiger partial charge in [0.15, 0.2) is 0 Å². The second-order valence-electron chi connectivity index (χ2n) is 7.41. The van der Waals surface area contributed by atoms with Crippen molar-refractivity contribution in [2.24, 2.45) is 0 Å². The van der Waals surface area contributed by atoms with Crippen LogP contribution < -0.4 is 15.5 Å². The number of aromatic nitrogens is 2. The van der Waals surface area contributed by atoms with Gasteiger partial charge in [-0.2, -0.15) is 4.98 Å². The number of rotatable bonds is 5. The standard InChI is InChI=1S/C20H25F2N5O/c1-12-8-18(27(2)3)26-20(23-12)25-17-6-4-16(5-7-17)24-19(28)13-9-14(21)11-15(22)10-13/h8-11,16-17H,4-7H2,1-3H3,(H,24,28)(H,23,25,26). The molecule has 1 aromatic carbocycles. The molecule has 0 atom stereocenters. The van der Waals surface area contributed by atoms with Gasteiger partial charge < -0.3 is 15.5 Å². The molecule has 2 N–H and O–H groups in total. The molecule has 3 rings (SSSR count). The lowest BCUT2D eigenvalue weighted by Crippen LogP contribution is -2.40. The molecule has 0 unspecified atom stereocenters. The SMILES string of the molecule is Cc1cc(N(C)C)nc(NC2CCC(NC(=O)c3cc(F)cc(F)c3)CC2)n1. The zero-order valence-corrected chi connectivity index (χ0v) is 16.3. The van der Waals surface area contributed by atoms with Crippen molar-refractivity contribution in [3.63, 3.8) is 0 Å². The average molecular weight is 389 g/mol. The van der Waals surface area contributed by atoms with E-state index in [-0.39, 0.29) is 17.6 Å². The lowest BCUT2D eigenvalue weighted by atomic mass is 9.91. The van der Waals surface area contributed by atoms with E-state index in [1.807, 2.05) is 32.0 Å². The van der Waals surface area contributed by atoms with Gasteiger partial charge in [0.05, 0.1) is 0 Å². The molecule has 0 spiro atoms. The van der Waals surface area contributed by atoms with Crippen LogP contribution >= 0.6 is 0 Å². The Bertz CT molecular complexity index is 830. The predicted molar refractivity (Wildman–Crippen MR) is 105 cm³/mol. The number of halogens is 2.